The molecule has 4 nitrogen and oxygen atoms in total. The van der Waals surface area contributed by atoms with Gasteiger partial charge in [0, 0.05) is 23.7 Å². The Balaban J connectivity index is 2.13. The topological polar surface area (TPSA) is 52.6 Å². The molecule has 0 fully saturated rings. The minimum Gasteiger partial charge on any atom is -0.395 e. The first-order valence-electron chi connectivity index (χ1n) is 6.54. The summed E-state index contributed by atoms with van der Waals surface area (Å²) < 4.78 is 0. The highest BCUT2D eigenvalue weighted by atomic mass is 32.2. The lowest BCUT2D eigenvalue weighted by atomic mass is 10.4. The van der Waals surface area contributed by atoms with Crippen LogP contribution < -0.4 is 5.32 Å². The lowest BCUT2D eigenvalue weighted by Crippen LogP contribution is -2.39. The summed E-state index contributed by atoms with van der Waals surface area (Å²) in [5.41, 5.74) is 0. The van der Waals surface area contributed by atoms with Gasteiger partial charge in [-0.05, 0) is 18.7 Å². The van der Waals surface area contributed by atoms with Gasteiger partial charge in [0.15, 0.2) is 0 Å². The van der Waals surface area contributed by atoms with E-state index in [1.807, 2.05) is 30.0 Å². The number of hydrogen-bond acceptors (Lipinski definition) is 4. The molecule has 0 heterocycles. The third-order valence-corrected chi connectivity index (χ3v) is 3.68. The van der Waals surface area contributed by atoms with E-state index < -0.39 is 0 Å². The fourth-order valence-corrected chi connectivity index (χ4v) is 2.41. The third-order valence-electron chi connectivity index (χ3n) is 2.67. The highest BCUT2D eigenvalue weighted by Gasteiger charge is 2.07. The van der Waals surface area contributed by atoms with Gasteiger partial charge in [-0.3, -0.25) is 9.69 Å². The largest absolute Gasteiger partial charge is 0.395 e. The van der Waals surface area contributed by atoms with Crippen molar-refractivity contribution in [2.45, 2.75) is 11.8 Å². The number of benzene rings is 1. The predicted molar refractivity (Wildman–Crippen MR) is 79.4 cm³/mol. The average molecular weight is 282 g/mol. The fourth-order valence-electron chi connectivity index (χ4n) is 1.63. The molecule has 2 N–H and O–H groups in total. The molecule has 1 aromatic rings. The van der Waals surface area contributed by atoms with Crippen LogP contribution in [0.3, 0.4) is 0 Å². The summed E-state index contributed by atoms with van der Waals surface area (Å²) in [6, 6.07) is 10.1. The molecule has 1 amide bonds. The molecular formula is C14H22N2O2S. The van der Waals surface area contributed by atoms with Gasteiger partial charge in [-0.2, -0.15) is 0 Å². The van der Waals surface area contributed by atoms with Gasteiger partial charge in [0.05, 0.1) is 13.2 Å². The Morgan fingerprint density at radius 3 is 2.74 bits per heavy atom. The number of carbonyl (C=O) groups excluding carboxylic acids is 1. The van der Waals surface area contributed by atoms with Gasteiger partial charge in [-0.15, -0.1) is 11.8 Å². The van der Waals surface area contributed by atoms with E-state index in [9.17, 15) is 4.79 Å². The molecule has 0 saturated carbocycles. The van der Waals surface area contributed by atoms with E-state index in [0.717, 1.165) is 12.3 Å². The first kappa shape index (κ1) is 16.0. The monoisotopic (exact) mass is 282 g/mol. The highest BCUT2D eigenvalue weighted by molar-refractivity contribution is 7.99. The Bertz CT molecular complexity index is 360. The Labute approximate surface area is 119 Å². The molecular weight excluding hydrogens is 260 g/mol. The summed E-state index contributed by atoms with van der Waals surface area (Å²) in [7, 11) is 0. The first-order chi connectivity index (χ1) is 9.26. The lowest BCUT2D eigenvalue weighted by Gasteiger charge is -2.18. The first-order valence-corrected chi connectivity index (χ1v) is 7.52. The Morgan fingerprint density at radius 1 is 1.37 bits per heavy atom. The molecule has 1 rings (SSSR count). The Kier molecular flexibility index (Phi) is 8.29. The standard InChI is InChI=1S/C14H22N2O2S/c1-2-16(9-10-17)12-14(18)15-8-11-19-13-6-4-3-5-7-13/h3-7,17H,2,8-12H2,1H3,(H,15,18). The number of carbonyl (C=O) groups is 1. The van der Waals surface area contributed by atoms with Gasteiger partial charge in [0.25, 0.3) is 0 Å². The smallest absolute Gasteiger partial charge is 0.234 e. The van der Waals surface area contributed by atoms with Crippen LogP contribution in [0.25, 0.3) is 0 Å². The van der Waals surface area contributed by atoms with E-state index in [1.54, 1.807) is 11.8 Å². The molecule has 0 spiro atoms. The minimum atomic E-state index is 0.0176. The second kappa shape index (κ2) is 9.83. The van der Waals surface area contributed by atoms with Gasteiger partial charge in [-0.1, -0.05) is 25.1 Å². The fraction of sp³-hybridized carbons (Fsp3) is 0.500. The SMILES string of the molecule is CCN(CCO)CC(=O)NCCSc1ccccc1. The number of rotatable bonds is 9. The molecule has 0 aliphatic carbocycles. The number of hydrogen-bond donors (Lipinski definition) is 2. The number of likely N-dealkylation sites (N-methyl/N-ethyl adjacent to an activating group) is 1. The van der Waals surface area contributed by atoms with E-state index in [4.69, 9.17) is 5.11 Å². The van der Waals surface area contributed by atoms with Crippen molar-refractivity contribution in [3.8, 4) is 0 Å². The summed E-state index contributed by atoms with van der Waals surface area (Å²) in [4.78, 5) is 14.8. The van der Waals surface area contributed by atoms with Crippen LogP contribution >= 0.6 is 11.8 Å². The quantitative estimate of drug-likeness (QED) is 0.528. The van der Waals surface area contributed by atoms with E-state index in [2.05, 4.69) is 17.4 Å². The summed E-state index contributed by atoms with van der Waals surface area (Å²) in [5.74, 6) is 0.881. The molecule has 0 aliphatic rings. The van der Waals surface area contributed by atoms with Crippen molar-refractivity contribution in [2.75, 3.05) is 38.5 Å². The third kappa shape index (κ3) is 7.20. The molecule has 0 bridgehead atoms. The summed E-state index contributed by atoms with van der Waals surface area (Å²) in [5, 5.41) is 11.7. The van der Waals surface area contributed by atoms with Gasteiger partial charge < -0.3 is 10.4 Å². The number of thioether (sulfide) groups is 1. The van der Waals surface area contributed by atoms with Gasteiger partial charge in [0.2, 0.25) is 5.91 Å². The van der Waals surface area contributed by atoms with Crippen LogP contribution in [0.5, 0.6) is 0 Å². The zero-order valence-electron chi connectivity index (χ0n) is 11.3. The van der Waals surface area contributed by atoms with Crippen LogP contribution in [0, 0.1) is 0 Å². The predicted octanol–water partition coefficient (Wildman–Crippen LogP) is 1.21. The second-order valence-corrected chi connectivity index (χ2v) is 5.27. The van der Waals surface area contributed by atoms with Crippen LogP contribution in [0.4, 0.5) is 0 Å². The number of nitrogens with zero attached hydrogens (tertiary/aromatic N) is 1. The van der Waals surface area contributed by atoms with Crippen molar-refractivity contribution in [1.29, 1.82) is 0 Å². The normalized spacial score (nSPS) is 10.7. The second-order valence-electron chi connectivity index (χ2n) is 4.10. The van der Waals surface area contributed by atoms with Gasteiger partial charge in [-0.25, -0.2) is 0 Å². The van der Waals surface area contributed by atoms with Crippen LogP contribution in [0.15, 0.2) is 35.2 Å². The average Bonchev–Trinajstić information content (AvgIpc) is 2.44. The van der Waals surface area contributed by atoms with Crippen LogP contribution in [0.1, 0.15) is 6.92 Å². The van der Waals surface area contributed by atoms with Crippen molar-refractivity contribution >= 4 is 17.7 Å². The minimum absolute atomic E-state index is 0.0176. The van der Waals surface area contributed by atoms with Crippen molar-refractivity contribution in [3.63, 3.8) is 0 Å². The Hall–Kier alpha value is -1.04. The molecule has 0 aliphatic heterocycles. The van der Waals surface area contributed by atoms with Crippen molar-refractivity contribution < 1.29 is 9.90 Å². The maximum Gasteiger partial charge on any atom is 0.234 e. The highest BCUT2D eigenvalue weighted by Crippen LogP contribution is 2.15. The van der Waals surface area contributed by atoms with Crippen molar-refractivity contribution in [2.24, 2.45) is 0 Å². The molecule has 106 valence electrons. The van der Waals surface area contributed by atoms with E-state index >= 15 is 0 Å². The molecule has 0 saturated heterocycles. The molecule has 0 radical (unpaired) electrons. The molecule has 1 aromatic carbocycles. The van der Waals surface area contributed by atoms with Crippen LogP contribution in [-0.2, 0) is 4.79 Å². The Morgan fingerprint density at radius 2 is 2.11 bits per heavy atom. The zero-order chi connectivity index (χ0) is 13.9. The summed E-state index contributed by atoms with van der Waals surface area (Å²) in [6.07, 6.45) is 0. The number of aliphatic hydroxyl groups excluding tert-OH is 1. The maximum absolute atomic E-state index is 11.7. The summed E-state index contributed by atoms with van der Waals surface area (Å²) in [6.45, 7) is 4.40. The van der Waals surface area contributed by atoms with Crippen molar-refractivity contribution in [1.82, 2.24) is 10.2 Å². The van der Waals surface area contributed by atoms with Crippen molar-refractivity contribution in [3.05, 3.63) is 30.3 Å². The summed E-state index contributed by atoms with van der Waals surface area (Å²) >= 11 is 1.73. The van der Waals surface area contributed by atoms with E-state index in [0.29, 0.717) is 19.6 Å². The van der Waals surface area contributed by atoms with Gasteiger partial charge >= 0.3 is 0 Å². The van der Waals surface area contributed by atoms with E-state index in [1.165, 1.54) is 4.90 Å². The van der Waals surface area contributed by atoms with Crippen LogP contribution in [0.2, 0.25) is 0 Å². The molecule has 0 unspecified atom stereocenters. The molecule has 0 atom stereocenters. The van der Waals surface area contributed by atoms with Crippen LogP contribution in [-0.4, -0.2) is 54.5 Å². The molecule has 0 aromatic heterocycles. The van der Waals surface area contributed by atoms with Gasteiger partial charge in [0.1, 0.15) is 0 Å². The number of amides is 1. The number of nitrogens with one attached hydrogen (secondary N) is 1. The number of aliphatic hydroxyl groups is 1. The zero-order valence-corrected chi connectivity index (χ0v) is 12.2. The van der Waals surface area contributed by atoms with E-state index in [-0.39, 0.29) is 12.5 Å². The maximum atomic E-state index is 11.7. The lowest BCUT2D eigenvalue weighted by molar-refractivity contribution is -0.122. The molecule has 19 heavy (non-hydrogen) atoms. The molecule has 5 heteroatoms.